The zero-order valence-corrected chi connectivity index (χ0v) is 6.81. The van der Waals surface area contributed by atoms with Crippen molar-refractivity contribution in [3.05, 3.63) is 0 Å². The average molecular weight is 156 g/mol. The molecule has 64 valence electrons. The molecule has 0 aromatic rings. The Kier molecular flexibility index (Phi) is 2.41. The van der Waals surface area contributed by atoms with Gasteiger partial charge in [0.15, 0.2) is 0 Å². The first-order chi connectivity index (χ1) is 5.47. The molecule has 2 aliphatic heterocycles. The molecule has 2 rings (SSSR count). The van der Waals surface area contributed by atoms with Gasteiger partial charge < -0.3 is 10.1 Å². The van der Waals surface area contributed by atoms with E-state index in [0.29, 0.717) is 6.23 Å². The van der Waals surface area contributed by atoms with Crippen LogP contribution in [0, 0.1) is 5.92 Å². The molecule has 0 bridgehead atoms. The standard InChI is InChI=1S/C8H16N2O/c1-3-9-4-2-7(1)8-10-5-6-11-8/h7-10H,1-6H2. The highest BCUT2D eigenvalue weighted by Gasteiger charge is 2.26. The zero-order chi connectivity index (χ0) is 7.52. The van der Waals surface area contributed by atoms with E-state index in [9.17, 15) is 0 Å². The summed E-state index contributed by atoms with van der Waals surface area (Å²) < 4.78 is 5.55. The van der Waals surface area contributed by atoms with E-state index in [2.05, 4.69) is 10.6 Å². The van der Waals surface area contributed by atoms with Crippen molar-refractivity contribution in [1.29, 1.82) is 0 Å². The normalized spacial score (nSPS) is 34.4. The fraction of sp³-hybridized carbons (Fsp3) is 1.00. The minimum Gasteiger partial charge on any atom is -0.362 e. The van der Waals surface area contributed by atoms with Crippen LogP contribution in [0.1, 0.15) is 12.8 Å². The van der Waals surface area contributed by atoms with Gasteiger partial charge in [-0.25, -0.2) is 0 Å². The van der Waals surface area contributed by atoms with Crippen LogP contribution in [0.5, 0.6) is 0 Å². The Hall–Kier alpha value is -0.120. The highest BCUT2D eigenvalue weighted by atomic mass is 16.5. The monoisotopic (exact) mass is 156 g/mol. The van der Waals surface area contributed by atoms with Crippen LogP contribution in [0.15, 0.2) is 0 Å². The van der Waals surface area contributed by atoms with Crippen molar-refractivity contribution in [2.45, 2.75) is 19.1 Å². The molecule has 0 aromatic carbocycles. The van der Waals surface area contributed by atoms with Gasteiger partial charge in [0, 0.05) is 12.5 Å². The third-order valence-electron chi connectivity index (χ3n) is 2.56. The molecule has 0 spiro atoms. The van der Waals surface area contributed by atoms with Crippen molar-refractivity contribution in [1.82, 2.24) is 10.6 Å². The van der Waals surface area contributed by atoms with Crippen molar-refractivity contribution < 1.29 is 4.74 Å². The Bertz CT molecular complexity index is 117. The Morgan fingerprint density at radius 3 is 2.55 bits per heavy atom. The van der Waals surface area contributed by atoms with Gasteiger partial charge in [-0.15, -0.1) is 0 Å². The minimum absolute atomic E-state index is 0.358. The van der Waals surface area contributed by atoms with E-state index in [1.54, 1.807) is 0 Å². The molecule has 1 unspecified atom stereocenters. The molecule has 0 aliphatic carbocycles. The molecule has 2 fully saturated rings. The minimum atomic E-state index is 0.358. The smallest absolute Gasteiger partial charge is 0.111 e. The lowest BCUT2D eigenvalue weighted by Crippen LogP contribution is -2.39. The number of hydrogen-bond acceptors (Lipinski definition) is 3. The highest BCUT2D eigenvalue weighted by Crippen LogP contribution is 2.18. The van der Waals surface area contributed by atoms with Crippen LogP contribution in [0.25, 0.3) is 0 Å². The van der Waals surface area contributed by atoms with E-state index in [1.165, 1.54) is 12.8 Å². The van der Waals surface area contributed by atoms with E-state index >= 15 is 0 Å². The summed E-state index contributed by atoms with van der Waals surface area (Å²) in [6.45, 7) is 4.25. The summed E-state index contributed by atoms with van der Waals surface area (Å²) in [5.74, 6) is 0.749. The summed E-state index contributed by atoms with van der Waals surface area (Å²) in [6, 6.07) is 0. The van der Waals surface area contributed by atoms with Crippen molar-refractivity contribution in [2.75, 3.05) is 26.2 Å². The third kappa shape index (κ3) is 1.72. The number of nitrogens with one attached hydrogen (secondary N) is 2. The van der Waals surface area contributed by atoms with Crippen molar-refractivity contribution in [3.8, 4) is 0 Å². The fourth-order valence-corrected chi connectivity index (χ4v) is 1.90. The van der Waals surface area contributed by atoms with Gasteiger partial charge in [0.2, 0.25) is 0 Å². The second-order valence-electron chi connectivity index (χ2n) is 3.33. The van der Waals surface area contributed by atoms with Crippen molar-refractivity contribution in [2.24, 2.45) is 5.92 Å². The molecule has 0 radical (unpaired) electrons. The summed E-state index contributed by atoms with van der Waals surface area (Å²) in [7, 11) is 0. The summed E-state index contributed by atoms with van der Waals surface area (Å²) >= 11 is 0. The Morgan fingerprint density at radius 2 is 1.91 bits per heavy atom. The molecule has 3 heteroatoms. The van der Waals surface area contributed by atoms with E-state index in [0.717, 1.165) is 32.2 Å². The fourth-order valence-electron chi connectivity index (χ4n) is 1.90. The van der Waals surface area contributed by atoms with E-state index < -0.39 is 0 Å². The molecular formula is C8H16N2O. The Labute approximate surface area is 67.5 Å². The van der Waals surface area contributed by atoms with Crippen LogP contribution in [-0.2, 0) is 4.74 Å². The molecular weight excluding hydrogens is 140 g/mol. The SMILES string of the molecule is C1CC(C2NCCO2)CCN1. The van der Waals surface area contributed by atoms with Gasteiger partial charge in [0.1, 0.15) is 6.23 Å². The van der Waals surface area contributed by atoms with Gasteiger partial charge in [-0.05, 0) is 25.9 Å². The van der Waals surface area contributed by atoms with Crippen LogP contribution in [0.2, 0.25) is 0 Å². The molecule has 1 atom stereocenters. The molecule has 2 saturated heterocycles. The highest BCUT2D eigenvalue weighted by molar-refractivity contribution is 4.77. The second-order valence-corrected chi connectivity index (χ2v) is 3.33. The number of hydrogen-bond donors (Lipinski definition) is 2. The molecule has 3 nitrogen and oxygen atoms in total. The summed E-state index contributed by atoms with van der Waals surface area (Å²) in [5, 5.41) is 6.73. The quantitative estimate of drug-likeness (QED) is 0.557. The second kappa shape index (κ2) is 3.52. The first-order valence-electron chi connectivity index (χ1n) is 4.52. The number of ether oxygens (including phenoxy) is 1. The first kappa shape index (κ1) is 7.53. The topological polar surface area (TPSA) is 33.3 Å². The van der Waals surface area contributed by atoms with Gasteiger partial charge in [0.25, 0.3) is 0 Å². The molecule has 0 saturated carbocycles. The van der Waals surface area contributed by atoms with Gasteiger partial charge in [-0.1, -0.05) is 0 Å². The van der Waals surface area contributed by atoms with Crippen LogP contribution in [0.3, 0.4) is 0 Å². The van der Waals surface area contributed by atoms with Crippen LogP contribution < -0.4 is 10.6 Å². The van der Waals surface area contributed by atoms with Crippen LogP contribution in [0.4, 0.5) is 0 Å². The molecule has 2 heterocycles. The number of piperidine rings is 1. The summed E-state index contributed by atoms with van der Waals surface area (Å²) in [5.41, 5.74) is 0. The molecule has 0 aromatic heterocycles. The zero-order valence-electron chi connectivity index (χ0n) is 6.81. The molecule has 2 N–H and O–H groups in total. The molecule has 2 aliphatic rings. The predicted molar refractivity (Wildman–Crippen MR) is 43.3 cm³/mol. The maximum absolute atomic E-state index is 5.55. The molecule has 0 amide bonds. The van der Waals surface area contributed by atoms with Gasteiger partial charge in [-0.3, -0.25) is 5.32 Å². The van der Waals surface area contributed by atoms with E-state index in [-0.39, 0.29) is 0 Å². The Balaban J connectivity index is 1.82. The van der Waals surface area contributed by atoms with Crippen molar-refractivity contribution >= 4 is 0 Å². The largest absolute Gasteiger partial charge is 0.362 e. The van der Waals surface area contributed by atoms with E-state index in [4.69, 9.17) is 4.74 Å². The predicted octanol–water partition coefficient (Wildman–Crippen LogP) is -0.0681. The maximum atomic E-state index is 5.55. The van der Waals surface area contributed by atoms with Gasteiger partial charge in [0.05, 0.1) is 6.61 Å². The maximum Gasteiger partial charge on any atom is 0.111 e. The van der Waals surface area contributed by atoms with Crippen LogP contribution >= 0.6 is 0 Å². The lowest BCUT2D eigenvalue weighted by molar-refractivity contribution is 0.0397. The summed E-state index contributed by atoms with van der Waals surface area (Å²) in [4.78, 5) is 0. The van der Waals surface area contributed by atoms with Gasteiger partial charge >= 0.3 is 0 Å². The lowest BCUT2D eigenvalue weighted by atomic mass is 9.96. The summed E-state index contributed by atoms with van der Waals surface area (Å²) in [6.07, 6.45) is 2.88. The van der Waals surface area contributed by atoms with Crippen molar-refractivity contribution in [3.63, 3.8) is 0 Å². The first-order valence-corrected chi connectivity index (χ1v) is 4.52. The lowest BCUT2D eigenvalue weighted by Gasteiger charge is -2.27. The third-order valence-corrected chi connectivity index (χ3v) is 2.56. The Morgan fingerprint density at radius 1 is 1.09 bits per heavy atom. The van der Waals surface area contributed by atoms with E-state index in [1.807, 2.05) is 0 Å². The van der Waals surface area contributed by atoms with Gasteiger partial charge in [-0.2, -0.15) is 0 Å². The average Bonchev–Trinajstić information content (AvgIpc) is 2.58. The molecule has 11 heavy (non-hydrogen) atoms. The number of rotatable bonds is 1. The van der Waals surface area contributed by atoms with Crippen LogP contribution in [-0.4, -0.2) is 32.5 Å².